The molecule has 0 amide bonds. The monoisotopic (exact) mass is 390 g/mol. The minimum atomic E-state index is -0.484. The second-order valence-corrected chi connectivity index (χ2v) is 8.11. The summed E-state index contributed by atoms with van der Waals surface area (Å²) in [6, 6.07) is 4.02. The van der Waals surface area contributed by atoms with E-state index in [9.17, 15) is 4.79 Å². The Kier molecular flexibility index (Phi) is 3.50. The number of aliphatic imine (C=N–C) groups is 2. The molecule has 5 aliphatic rings. The van der Waals surface area contributed by atoms with Crippen LogP contribution in [-0.2, 0) is 11.8 Å². The number of nitrogens with zero attached hydrogens (tertiary/aromatic N) is 2. The van der Waals surface area contributed by atoms with Crippen molar-refractivity contribution in [3.05, 3.63) is 75.9 Å². The normalized spacial score (nSPS) is 24.2. The number of halogens is 1. The van der Waals surface area contributed by atoms with Crippen LogP contribution in [0.25, 0.3) is 0 Å². The molecule has 28 heavy (non-hydrogen) atoms. The van der Waals surface area contributed by atoms with Gasteiger partial charge in [-0.3, -0.25) is 14.8 Å². The maximum absolute atomic E-state index is 12.9. The van der Waals surface area contributed by atoms with Gasteiger partial charge in [0.15, 0.2) is 5.78 Å². The summed E-state index contributed by atoms with van der Waals surface area (Å²) < 4.78 is 6.48. The third kappa shape index (κ3) is 1.93. The smallest absolute Gasteiger partial charge is 0.166 e. The van der Waals surface area contributed by atoms with Crippen LogP contribution in [0, 0.1) is 5.92 Å². The van der Waals surface area contributed by atoms with Crippen LogP contribution in [0.2, 0.25) is 0 Å². The first kappa shape index (κ1) is 17.4. The Labute approximate surface area is 169 Å². The molecule has 4 nitrogen and oxygen atoms in total. The van der Waals surface area contributed by atoms with Gasteiger partial charge in [-0.05, 0) is 41.3 Å². The molecule has 1 unspecified atom stereocenters. The van der Waals surface area contributed by atoms with Crippen LogP contribution in [0.1, 0.15) is 41.8 Å². The molecule has 0 N–H and O–H groups in total. The molecule has 0 aromatic heterocycles. The number of allylic oxidation sites excluding steroid dienone is 3. The Morgan fingerprint density at radius 2 is 2.18 bits per heavy atom. The van der Waals surface area contributed by atoms with Crippen LogP contribution in [0.4, 0.5) is 0 Å². The van der Waals surface area contributed by atoms with E-state index in [4.69, 9.17) is 4.74 Å². The van der Waals surface area contributed by atoms with Gasteiger partial charge in [0.1, 0.15) is 22.6 Å². The van der Waals surface area contributed by atoms with Crippen LogP contribution >= 0.6 is 12.4 Å². The predicted octanol–water partition coefficient (Wildman–Crippen LogP) is 4.65. The van der Waals surface area contributed by atoms with E-state index in [1.165, 1.54) is 11.1 Å². The number of ether oxygens (including phenoxy) is 1. The van der Waals surface area contributed by atoms with Crippen molar-refractivity contribution in [1.82, 2.24) is 0 Å². The molecule has 1 atom stereocenters. The molecule has 2 aliphatic carbocycles. The van der Waals surface area contributed by atoms with Gasteiger partial charge in [0.05, 0.1) is 5.56 Å². The van der Waals surface area contributed by atoms with E-state index in [1.54, 1.807) is 0 Å². The Bertz CT molecular complexity index is 1150. The molecular formula is C23H19ClN2O2. The Morgan fingerprint density at radius 1 is 1.32 bits per heavy atom. The lowest BCUT2D eigenvalue weighted by molar-refractivity contribution is 0.0965. The third-order valence-electron chi connectivity index (χ3n) is 5.99. The number of hydrogen-bond donors (Lipinski definition) is 0. The first-order valence-corrected chi connectivity index (χ1v) is 9.43. The average Bonchev–Trinajstić information content (AvgIpc) is 3.20. The first-order valence-electron chi connectivity index (χ1n) is 9.43. The Hall–Kier alpha value is -2.72. The van der Waals surface area contributed by atoms with E-state index in [0.717, 1.165) is 40.5 Å². The summed E-state index contributed by atoms with van der Waals surface area (Å²) >= 11 is 0. The van der Waals surface area contributed by atoms with Crippen LogP contribution in [0.5, 0.6) is 5.75 Å². The van der Waals surface area contributed by atoms with Crippen molar-refractivity contribution in [2.45, 2.75) is 32.1 Å². The summed E-state index contributed by atoms with van der Waals surface area (Å²) in [6.45, 7) is 4.13. The van der Waals surface area contributed by atoms with Crippen molar-refractivity contribution >= 4 is 30.1 Å². The van der Waals surface area contributed by atoms with Gasteiger partial charge in [0, 0.05) is 42.1 Å². The van der Waals surface area contributed by atoms with E-state index in [-0.39, 0.29) is 18.2 Å². The zero-order valence-corrected chi connectivity index (χ0v) is 16.5. The number of fused-ring (bicyclic) bond motifs is 1. The minimum absolute atomic E-state index is 0. The molecule has 1 spiro atoms. The zero-order valence-electron chi connectivity index (χ0n) is 15.7. The van der Waals surface area contributed by atoms with Crippen molar-refractivity contribution in [3.8, 4) is 5.75 Å². The molecule has 0 saturated heterocycles. The summed E-state index contributed by atoms with van der Waals surface area (Å²) in [4.78, 5) is 22.2. The summed E-state index contributed by atoms with van der Waals surface area (Å²) in [7, 11) is 0. The van der Waals surface area contributed by atoms with Gasteiger partial charge >= 0.3 is 0 Å². The predicted molar refractivity (Wildman–Crippen MR) is 112 cm³/mol. The average molecular weight is 391 g/mol. The maximum Gasteiger partial charge on any atom is 0.166 e. The zero-order chi connectivity index (χ0) is 18.3. The van der Waals surface area contributed by atoms with Crippen molar-refractivity contribution < 1.29 is 9.53 Å². The lowest BCUT2D eigenvalue weighted by Crippen LogP contribution is -2.40. The summed E-state index contributed by atoms with van der Waals surface area (Å²) in [5, 5.41) is 0. The van der Waals surface area contributed by atoms with Gasteiger partial charge in [0.2, 0.25) is 0 Å². The summed E-state index contributed by atoms with van der Waals surface area (Å²) in [6.07, 6.45) is 11.3. The van der Waals surface area contributed by atoms with Gasteiger partial charge in [0.25, 0.3) is 0 Å². The standard InChI is InChI=1S/C23H18N2O2.ClH/c1-12(2)9-18(26)15-4-3-13-11-17-16-10-14-5-7-25-20(14)22-23(16,6-8-24-17)19(13)21(15)27-22;/h3-8,10,12H,9,11H2,1-2H3;1H. The topological polar surface area (TPSA) is 51.0 Å². The molecule has 2 bridgehead atoms. The fourth-order valence-electron chi connectivity index (χ4n) is 4.91. The number of rotatable bonds is 3. The number of ketones is 1. The molecule has 140 valence electrons. The van der Waals surface area contributed by atoms with Crippen molar-refractivity contribution in [2.75, 3.05) is 0 Å². The van der Waals surface area contributed by atoms with E-state index in [0.29, 0.717) is 17.9 Å². The molecular weight excluding hydrogens is 372 g/mol. The minimum Gasteiger partial charge on any atom is -0.457 e. The van der Waals surface area contributed by atoms with Crippen LogP contribution in [0.3, 0.4) is 0 Å². The summed E-state index contributed by atoms with van der Waals surface area (Å²) in [5.41, 5.74) is 6.68. The van der Waals surface area contributed by atoms with Crippen molar-refractivity contribution in [3.63, 3.8) is 0 Å². The highest BCUT2D eigenvalue weighted by molar-refractivity contribution is 6.12. The second-order valence-electron chi connectivity index (χ2n) is 8.11. The number of carbonyl (C=O) groups excluding carboxylic acids is 1. The third-order valence-corrected chi connectivity index (χ3v) is 5.99. The first-order chi connectivity index (χ1) is 13.1. The highest BCUT2D eigenvalue weighted by atomic mass is 35.5. The van der Waals surface area contributed by atoms with Crippen LogP contribution < -0.4 is 4.74 Å². The fourth-order valence-corrected chi connectivity index (χ4v) is 4.91. The van der Waals surface area contributed by atoms with Gasteiger partial charge < -0.3 is 4.74 Å². The molecule has 3 aliphatic heterocycles. The molecule has 3 heterocycles. The van der Waals surface area contributed by atoms with E-state index in [1.807, 2.05) is 24.6 Å². The van der Waals surface area contributed by atoms with Crippen molar-refractivity contribution in [2.24, 2.45) is 15.9 Å². The van der Waals surface area contributed by atoms with Gasteiger partial charge in [-0.2, -0.15) is 0 Å². The molecule has 0 radical (unpaired) electrons. The van der Waals surface area contributed by atoms with E-state index >= 15 is 0 Å². The molecule has 6 rings (SSSR count). The molecule has 0 fully saturated rings. The van der Waals surface area contributed by atoms with Crippen LogP contribution in [-0.4, -0.2) is 17.7 Å². The molecule has 5 heteroatoms. The number of benzene rings is 1. The lowest BCUT2D eigenvalue weighted by Gasteiger charge is -2.39. The van der Waals surface area contributed by atoms with Gasteiger partial charge in [-0.15, -0.1) is 12.4 Å². The van der Waals surface area contributed by atoms with Gasteiger partial charge in [-0.25, -0.2) is 0 Å². The van der Waals surface area contributed by atoms with E-state index < -0.39 is 5.41 Å². The number of hydrogen-bond acceptors (Lipinski definition) is 4. The van der Waals surface area contributed by atoms with E-state index in [2.05, 4.69) is 42.1 Å². The largest absolute Gasteiger partial charge is 0.457 e. The Balaban J connectivity index is 0.00000171. The van der Waals surface area contributed by atoms with Crippen LogP contribution in [0.15, 0.2) is 69.1 Å². The SMILES string of the molecule is CC(C)CC(=O)c1ccc2c3c1OC1=C4N=CC=C4C=C4C(=NC=CC413)C2.Cl. The number of Topliss-reactive ketones (excluding diaryl/α,β-unsaturated/α-hetero) is 1. The lowest BCUT2D eigenvalue weighted by atomic mass is 9.61. The van der Waals surface area contributed by atoms with Gasteiger partial charge in [-0.1, -0.05) is 19.9 Å². The number of carbonyl (C=O) groups is 1. The molecule has 1 aromatic carbocycles. The van der Waals surface area contributed by atoms with Crippen molar-refractivity contribution in [1.29, 1.82) is 0 Å². The highest BCUT2D eigenvalue weighted by Gasteiger charge is 2.57. The fraction of sp³-hybridized carbons (Fsp3) is 0.261. The Morgan fingerprint density at radius 3 is 3.00 bits per heavy atom. The highest BCUT2D eigenvalue weighted by Crippen LogP contribution is 2.61. The molecule has 0 saturated carbocycles. The molecule has 1 aromatic rings. The quantitative estimate of drug-likeness (QED) is 0.705. The second kappa shape index (κ2) is 5.65. The maximum atomic E-state index is 12.9. The summed E-state index contributed by atoms with van der Waals surface area (Å²) in [5.74, 6) is 1.99.